The summed E-state index contributed by atoms with van der Waals surface area (Å²) in [5.41, 5.74) is 6.20. The number of anilines is 1. The molecule has 20 heavy (non-hydrogen) atoms. The number of amides is 1. The van der Waals surface area contributed by atoms with Crippen molar-refractivity contribution >= 4 is 28.8 Å². The van der Waals surface area contributed by atoms with Gasteiger partial charge in [0.2, 0.25) is 5.91 Å². The van der Waals surface area contributed by atoms with Crippen molar-refractivity contribution in [2.24, 2.45) is 5.73 Å². The second-order valence-electron chi connectivity index (χ2n) is 4.08. The molecule has 0 bridgehead atoms. The van der Waals surface area contributed by atoms with E-state index in [4.69, 9.17) is 22.7 Å². The SMILES string of the molecule is COCCNC(=O)CCNc1ccc(C(N)=S)cc1F. The summed E-state index contributed by atoms with van der Waals surface area (Å²) in [4.78, 5) is 11.5. The average Bonchev–Trinajstić information content (AvgIpc) is 2.40. The maximum atomic E-state index is 13.7. The molecule has 0 aliphatic rings. The lowest BCUT2D eigenvalue weighted by molar-refractivity contribution is -0.121. The van der Waals surface area contributed by atoms with Crippen molar-refractivity contribution in [1.82, 2.24) is 5.32 Å². The van der Waals surface area contributed by atoms with Crippen molar-refractivity contribution in [1.29, 1.82) is 0 Å². The second kappa shape index (κ2) is 8.44. The van der Waals surface area contributed by atoms with Crippen LogP contribution in [0.15, 0.2) is 18.2 Å². The second-order valence-corrected chi connectivity index (χ2v) is 4.52. The molecule has 1 aromatic rings. The van der Waals surface area contributed by atoms with Crippen molar-refractivity contribution in [3.8, 4) is 0 Å². The molecule has 1 amide bonds. The van der Waals surface area contributed by atoms with Crippen molar-refractivity contribution in [3.63, 3.8) is 0 Å². The van der Waals surface area contributed by atoms with Gasteiger partial charge in [0.25, 0.3) is 0 Å². The minimum absolute atomic E-state index is 0.116. The van der Waals surface area contributed by atoms with Crippen LogP contribution >= 0.6 is 12.2 Å². The number of methoxy groups -OCH3 is 1. The first-order valence-corrected chi connectivity index (χ1v) is 6.54. The molecule has 0 fully saturated rings. The number of hydrogen-bond acceptors (Lipinski definition) is 4. The number of rotatable bonds is 8. The number of halogens is 1. The highest BCUT2D eigenvalue weighted by Crippen LogP contribution is 2.15. The first kappa shape index (κ1) is 16.3. The molecule has 110 valence electrons. The zero-order chi connectivity index (χ0) is 15.0. The van der Waals surface area contributed by atoms with Gasteiger partial charge in [0, 0.05) is 32.2 Å². The zero-order valence-corrected chi connectivity index (χ0v) is 12.1. The fourth-order valence-electron chi connectivity index (χ4n) is 1.50. The smallest absolute Gasteiger partial charge is 0.221 e. The van der Waals surface area contributed by atoms with Crippen LogP contribution in [0.4, 0.5) is 10.1 Å². The summed E-state index contributed by atoms with van der Waals surface area (Å²) in [7, 11) is 1.56. The van der Waals surface area contributed by atoms with E-state index in [0.29, 0.717) is 30.9 Å². The fraction of sp³-hybridized carbons (Fsp3) is 0.385. The molecule has 0 spiro atoms. The van der Waals surface area contributed by atoms with Crippen LogP contribution < -0.4 is 16.4 Å². The van der Waals surface area contributed by atoms with Crippen LogP contribution in [0.25, 0.3) is 0 Å². The summed E-state index contributed by atoms with van der Waals surface area (Å²) < 4.78 is 18.5. The molecular formula is C13H18FN3O2S. The van der Waals surface area contributed by atoms with E-state index in [2.05, 4.69) is 10.6 Å². The topological polar surface area (TPSA) is 76.4 Å². The van der Waals surface area contributed by atoms with Crippen LogP contribution in [-0.2, 0) is 9.53 Å². The van der Waals surface area contributed by atoms with Crippen LogP contribution in [0.1, 0.15) is 12.0 Å². The van der Waals surface area contributed by atoms with E-state index in [1.54, 1.807) is 19.2 Å². The lowest BCUT2D eigenvalue weighted by Gasteiger charge is -2.09. The molecule has 0 aromatic heterocycles. The minimum Gasteiger partial charge on any atom is -0.389 e. The largest absolute Gasteiger partial charge is 0.389 e. The molecule has 0 atom stereocenters. The highest BCUT2D eigenvalue weighted by molar-refractivity contribution is 7.80. The first-order valence-electron chi connectivity index (χ1n) is 6.13. The summed E-state index contributed by atoms with van der Waals surface area (Å²) in [6.45, 7) is 1.27. The molecule has 4 N–H and O–H groups in total. The van der Waals surface area contributed by atoms with Gasteiger partial charge in [-0.15, -0.1) is 0 Å². The Bertz CT molecular complexity index is 483. The van der Waals surface area contributed by atoms with Gasteiger partial charge in [-0.2, -0.15) is 0 Å². The van der Waals surface area contributed by atoms with Gasteiger partial charge in [0.05, 0.1) is 12.3 Å². The normalized spacial score (nSPS) is 10.1. The molecule has 5 nitrogen and oxygen atoms in total. The van der Waals surface area contributed by atoms with E-state index < -0.39 is 5.82 Å². The summed E-state index contributed by atoms with van der Waals surface area (Å²) in [5.74, 6) is -0.565. The number of hydrogen-bond donors (Lipinski definition) is 3. The number of thiocarbonyl (C=S) groups is 1. The van der Waals surface area contributed by atoms with Gasteiger partial charge >= 0.3 is 0 Å². The molecule has 1 aromatic carbocycles. The Morgan fingerprint density at radius 2 is 2.20 bits per heavy atom. The molecular weight excluding hydrogens is 281 g/mol. The summed E-state index contributed by atoms with van der Waals surface area (Å²) >= 11 is 4.76. The lowest BCUT2D eigenvalue weighted by Crippen LogP contribution is -2.28. The Kier molecular flexibility index (Phi) is 6.89. The minimum atomic E-state index is -0.449. The third-order valence-corrected chi connectivity index (χ3v) is 2.79. The molecule has 1 rings (SSSR count). The molecule has 0 aliphatic heterocycles. The van der Waals surface area contributed by atoms with E-state index in [0.717, 1.165) is 0 Å². The highest BCUT2D eigenvalue weighted by atomic mass is 32.1. The fourth-order valence-corrected chi connectivity index (χ4v) is 1.63. The monoisotopic (exact) mass is 299 g/mol. The van der Waals surface area contributed by atoms with Crippen LogP contribution in [0.2, 0.25) is 0 Å². The van der Waals surface area contributed by atoms with Crippen molar-refractivity contribution in [3.05, 3.63) is 29.6 Å². The third kappa shape index (κ3) is 5.50. The molecule has 0 heterocycles. The molecule has 0 radical (unpaired) electrons. The highest BCUT2D eigenvalue weighted by Gasteiger charge is 2.06. The Hall–Kier alpha value is -1.73. The predicted molar refractivity (Wildman–Crippen MR) is 80.3 cm³/mol. The Morgan fingerprint density at radius 1 is 1.45 bits per heavy atom. The molecule has 0 saturated carbocycles. The maximum Gasteiger partial charge on any atom is 0.221 e. The Labute approximate surface area is 122 Å². The summed E-state index contributed by atoms with van der Waals surface area (Å²) in [6, 6.07) is 4.45. The number of carbonyl (C=O) groups is 1. The van der Waals surface area contributed by atoms with Gasteiger partial charge in [-0.25, -0.2) is 4.39 Å². The van der Waals surface area contributed by atoms with E-state index in [-0.39, 0.29) is 17.3 Å². The number of nitrogens with one attached hydrogen (secondary N) is 2. The van der Waals surface area contributed by atoms with Crippen LogP contribution in [0, 0.1) is 5.82 Å². The average molecular weight is 299 g/mol. The number of ether oxygens (including phenoxy) is 1. The molecule has 0 aliphatic carbocycles. The van der Waals surface area contributed by atoms with E-state index in [9.17, 15) is 9.18 Å². The number of benzene rings is 1. The molecule has 0 unspecified atom stereocenters. The number of nitrogens with two attached hydrogens (primary N) is 1. The van der Waals surface area contributed by atoms with Crippen molar-refractivity contribution < 1.29 is 13.9 Å². The van der Waals surface area contributed by atoms with Gasteiger partial charge in [-0.05, 0) is 18.2 Å². The maximum absolute atomic E-state index is 13.7. The summed E-state index contributed by atoms with van der Waals surface area (Å²) in [6.07, 6.45) is 0.250. The van der Waals surface area contributed by atoms with Gasteiger partial charge in [-0.1, -0.05) is 12.2 Å². The van der Waals surface area contributed by atoms with Crippen molar-refractivity contribution in [2.75, 3.05) is 32.1 Å². The Balaban J connectivity index is 2.38. The molecule has 0 saturated heterocycles. The van der Waals surface area contributed by atoms with Crippen molar-refractivity contribution in [2.45, 2.75) is 6.42 Å². The van der Waals surface area contributed by atoms with Gasteiger partial charge in [0.1, 0.15) is 10.8 Å². The molecule has 7 heteroatoms. The number of carbonyl (C=O) groups excluding carboxylic acids is 1. The lowest BCUT2D eigenvalue weighted by atomic mass is 10.2. The van der Waals surface area contributed by atoms with Crippen LogP contribution in [-0.4, -0.2) is 37.7 Å². The summed E-state index contributed by atoms with van der Waals surface area (Å²) in [5, 5.41) is 5.53. The van der Waals surface area contributed by atoms with Gasteiger partial charge in [-0.3, -0.25) is 4.79 Å². The Morgan fingerprint density at radius 3 is 2.80 bits per heavy atom. The zero-order valence-electron chi connectivity index (χ0n) is 11.2. The first-order chi connectivity index (χ1) is 9.54. The van der Waals surface area contributed by atoms with Crippen LogP contribution in [0.3, 0.4) is 0 Å². The van der Waals surface area contributed by atoms with E-state index >= 15 is 0 Å². The third-order valence-electron chi connectivity index (χ3n) is 2.55. The standard InChI is InChI=1S/C13H18FN3O2S/c1-19-7-6-17-12(18)4-5-16-11-3-2-9(13(15)20)8-10(11)14/h2-3,8,16H,4-7H2,1H3,(H2,15,20)(H,17,18). The quantitative estimate of drug-likeness (QED) is 0.494. The predicted octanol–water partition coefficient (Wildman–Crippen LogP) is 1.02. The van der Waals surface area contributed by atoms with Gasteiger partial charge < -0.3 is 21.1 Å². The van der Waals surface area contributed by atoms with E-state index in [1.807, 2.05) is 0 Å². The van der Waals surface area contributed by atoms with E-state index in [1.165, 1.54) is 6.07 Å². The van der Waals surface area contributed by atoms with Crippen LogP contribution in [0.5, 0.6) is 0 Å². The van der Waals surface area contributed by atoms with Gasteiger partial charge in [0.15, 0.2) is 0 Å².